The number of carbonyl (C=O) groups excluding carboxylic acids is 1. The lowest BCUT2D eigenvalue weighted by Crippen LogP contribution is -2.22. The minimum atomic E-state index is -0.584. The van der Waals surface area contributed by atoms with Crippen molar-refractivity contribution < 1.29 is 14.1 Å². The number of nitrogens with zero attached hydrogens (tertiary/aromatic N) is 2. The first-order valence-corrected chi connectivity index (χ1v) is 8.35. The standard InChI is InChI=1S/C20H16FN3O4/c1-13-2-8-17(18(10-13)24(27)28)22-20(26)15-5-9-19(25)23(12-15)11-14-3-6-16(21)7-4-14/h2-10,12H,11H2,1H3,(H,22,26). The van der Waals surface area contributed by atoms with Crippen molar-refractivity contribution in [1.29, 1.82) is 0 Å². The summed E-state index contributed by atoms with van der Waals surface area (Å²) in [6, 6.07) is 12.7. The van der Waals surface area contributed by atoms with E-state index in [1.54, 1.807) is 25.1 Å². The van der Waals surface area contributed by atoms with Crippen LogP contribution in [0.2, 0.25) is 0 Å². The summed E-state index contributed by atoms with van der Waals surface area (Å²) >= 11 is 0. The molecule has 1 aromatic heterocycles. The molecule has 1 amide bonds. The lowest BCUT2D eigenvalue weighted by molar-refractivity contribution is -0.384. The third-order valence-electron chi connectivity index (χ3n) is 4.11. The summed E-state index contributed by atoms with van der Waals surface area (Å²) in [5, 5.41) is 13.7. The average Bonchev–Trinajstić information content (AvgIpc) is 2.66. The Morgan fingerprint density at radius 1 is 1.14 bits per heavy atom. The van der Waals surface area contributed by atoms with Crippen LogP contribution in [0.5, 0.6) is 0 Å². The van der Waals surface area contributed by atoms with Gasteiger partial charge in [0.1, 0.15) is 11.5 Å². The van der Waals surface area contributed by atoms with Gasteiger partial charge in [-0.25, -0.2) is 4.39 Å². The van der Waals surface area contributed by atoms with Crippen molar-refractivity contribution in [1.82, 2.24) is 4.57 Å². The molecule has 0 bridgehead atoms. The zero-order chi connectivity index (χ0) is 20.3. The quantitative estimate of drug-likeness (QED) is 0.541. The van der Waals surface area contributed by atoms with Crippen LogP contribution in [0.3, 0.4) is 0 Å². The number of amides is 1. The lowest BCUT2D eigenvalue weighted by Gasteiger charge is -2.10. The fourth-order valence-corrected chi connectivity index (χ4v) is 2.67. The first-order chi connectivity index (χ1) is 13.3. The average molecular weight is 381 g/mol. The van der Waals surface area contributed by atoms with E-state index in [9.17, 15) is 24.1 Å². The van der Waals surface area contributed by atoms with Crippen molar-refractivity contribution in [2.75, 3.05) is 5.32 Å². The molecule has 3 rings (SSSR count). The number of halogens is 1. The highest BCUT2D eigenvalue weighted by Crippen LogP contribution is 2.25. The van der Waals surface area contributed by atoms with Gasteiger partial charge in [0.25, 0.3) is 17.2 Å². The maximum Gasteiger partial charge on any atom is 0.293 e. The molecule has 3 aromatic rings. The molecular weight excluding hydrogens is 365 g/mol. The maximum absolute atomic E-state index is 13.0. The van der Waals surface area contributed by atoms with Crippen molar-refractivity contribution in [2.45, 2.75) is 13.5 Å². The number of aryl methyl sites for hydroxylation is 1. The Balaban J connectivity index is 1.86. The minimum Gasteiger partial charge on any atom is -0.316 e. The van der Waals surface area contributed by atoms with Gasteiger partial charge in [0.15, 0.2) is 0 Å². The van der Waals surface area contributed by atoms with Crippen LogP contribution in [-0.2, 0) is 6.54 Å². The molecule has 0 aliphatic heterocycles. The number of hydrogen-bond donors (Lipinski definition) is 1. The summed E-state index contributed by atoms with van der Waals surface area (Å²) in [5.74, 6) is -0.969. The second-order valence-electron chi connectivity index (χ2n) is 6.24. The molecule has 1 heterocycles. The van der Waals surface area contributed by atoms with Crippen molar-refractivity contribution >= 4 is 17.3 Å². The minimum absolute atomic E-state index is 0.0666. The van der Waals surface area contributed by atoms with E-state index in [1.165, 1.54) is 47.2 Å². The van der Waals surface area contributed by atoms with Crippen molar-refractivity contribution in [3.05, 3.63) is 104 Å². The van der Waals surface area contributed by atoms with Gasteiger partial charge in [-0.15, -0.1) is 0 Å². The zero-order valence-electron chi connectivity index (χ0n) is 14.9. The number of anilines is 1. The second-order valence-corrected chi connectivity index (χ2v) is 6.24. The van der Waals surface area contributed by atoms with Crippen molar-refractivity contribution in [3.8, 4) is 0 Å². The molecule has 142 valence electrons. The highest BCUT2D eigenvalue weighted by molar-refractivity contribution is 6.05. The maximum atomic E-state index is 13.0. The number of carbonyl (C=O) groups is 1. The van der Waals surface area contributed by atoms with Gasteiger partial charge in [0.05, 0.1) is 17.0 Å². The molecule has 0 spiro atoms. The number of nitrogens with one attached hydrogen (secondary N) is 1. The summed E-state index contributed by atoms with van der Waals surface area (Å²) in [4.78, 5) is 35.2. The van der Waals surface area contributed by atoms with Crippen LogP contribution in [0.25, 0.3) is 0 Å². The summed E-state index contributed by atoms with van der Waals surface area (Å²) in [6.45, 7) is 1.87. The predicted octanol–water partition coefficient (Wildman–Crippen LogP) is 3.50. The van der Waals surface area contributed by atoms with Gasteiger partial charge in [-0.05, 0) is 42.3 Å². The number of rotatable bonds is 5. The largest absolute Gasteiger partial charge is 0.316 e. The second kappa shape index (κ2) is 7.83. The third kappa shape index (κ3) is 4.29. The Labute approximate surface area is 159 Å². The van der Waals surface area contributed by atoms with Crippen LogP contribution < -0.4 is 10.9 Å². The Bertz CT molecular complexity index is 1110. The Kier molecular flexibility index (Phi) is 5.30. The van der Waals surface area contributed by atoms with Crippen LogP contribution in [-0.4, -0.2) is 15.4 Å². The summed E-state index contributed by atoms with van der Waals surface area (Å²) < 4.78 is 14.3. The molecule has 28 heavy (non-hydrogen) atoms. The van der Waals surface area contributed by atoms with E-state index in [0.29, 0.717) is 11.1 Å². The molecule has 7 nitrogen and oxygen atoms in total. The van der Waals surface area contributed by atoms with E-state index >= 15 is 0 Å². The van der Waals surface area contributed by atoms with E-state index in [2.05, 4.69) is 5.32 Å². The van der Waals surface area contributed by atoms with E-state index in [-0.39, 0.29) is 34.9 Å². The van der Waals surface area contributed by atoms with Crippen LogP contribution >= 0.6 is 0 Å². The third-order valence-corrected chi connectivity index (χ3v) is 4.11. The van der Waals surface area contributed by atoms with Crippen LogP contribution in [0.1, 0.15) is 21.5 Å². The van der Waals surface area contributed by atoms with Gasteiger partial charge in [0.2, 0.25) is 0 Å². The van der Waals surface area contributed by atoms with Gasteiger partial charge < -0.3 is 9.88 Å². The van der Waals surface area contributed by atoms with E-state index in [4.69, 9.17) is 0 Å². The van der Waals surface area contributed by atoms with E-state index < -0.39 is 10.8 Å². The SMILES string of the molecule is Cc1ccc(NC(=O)c2ccc(=O)n(Cc3ccc(F)cc3)c2)c([N+](=O)[O-])c1. The molecule has 0 aliphatic rings. The van der Waals surface area contributed by atoms with Crippen molar-refractivity contribution in [2.24, 2.45) is 0 Å². The molecule has 0 aliphatic carbocycles. The number of aromatic nitrogens is 1. The number of nitro groups is 1. The van der Waals surface area contributed by atoms with E-state index in [1.807, 2.05) is 0 Å². The highest BCUT2D eigenvalue weighted by Gasteiger charge is 2.17. The number of pyridine rings is 1. The fraction of sp³-hybridized carbons (Fsp3) is 0.100. The lowest BCUT2D eigenvalue weighted by atomic mass is 10.1. The molecule has 0 radical (unpaired) electrons. The number of benzene rings is 2. The van der Waals surface area contributed by atoms with E-state index in [0.717, 1.165) is 0 Å². The Morgan fingerprint density at radius 3 is 2.54 bits per heavy atom. The molecule has 8 heteroatoms. The van der Waals surface area contributed by atoms with Gasteiger partial charge in [0, 0.05) is 18.3 Å². The molecule has 0 atom stereocenters. The Morgan fingerprint density at radius 2 is 1.86 bits per heavy atom. The summed E-state index contributed by atoms with van der Waals surface area (Å²) in [5.41, 5.74) is 1.07. The molecule has 2 aromatic carbocycles. The van der Waals surface area contributed by atoms with Gasteiger partial charge in [-0.1, -0.05) is 18.2 Å². The molecule has 0 fully saturated rings. The first kappa shape index (κ1) is 19.0. The highest BCUT2D eigenvalue weighted by atomic mass is 19.1. The molecular formula is C20H16FN3O4. The molecule has 0 saturated heterocycles. The monoisotopic (exact) mass is 381 g/mol. The molecule has 0 unspecified atom stereocenters. The van der Waals surface area contributed by atoms with Crippen LogP contribution in [0.4, 0.5) is 15.8 Å². The fourth-order valence-electron chi connectivity index (χ4n) is 2.67. The van der Waals surface area contributed by atoms with Crippen LogP contribution in [0, 0.1) is 22.9 Å². The normalized spacial score (nSPS) is 10.5. The van der Waals surface area contributed by atoms with Gasteiger partial charge in [-0.2, -0.15) is 0 Å². The molecule has 1 N–H and O–H groups in total. The van der Waals surface area contributed by atoms with Crippen LogP contribution in [0.15, 0.2) is 65.6 Å². The van der Waals surface area contributed by atoms with Gasteiger partial charge >= 0.3 is 0 Å². The number of nitro benzene ring substituents is 1. The summed E-state index contributed by atoms with van der Waals surface area (Å²) in [7, 11) is 0. The zero-order valence-corrected chi connectivity index (χ0v) is 14.9. The smallest absolute Gasteiger partial charge is 0.293 e. The predicted molar refractivity (Wildman–Crippen MR) is 102 cm³/mol. The van der Waals surface area contributed by atoms with Crippen molar-refractivity contribution in [3.63, 3.8) is 0 Å². The molecule has 0 saturated carbocycles. The Hall–Kier alpha value is -3.81. The summed E-state index contributed by atoms with van der Waals surface area (Å²) in [6.07, 6.45) is 1.36. The first-order valence-electron chi connectivity index (χ1n) is 8.35. The topological polar surface area (TPSA) is 94.2 Å². The van der Waals surface area contributed by atoms with Gasteiger partial charge in [-0.3, -0.25) is 19.7 Å². The number of hydrogen-bond acceptors (Lipinski definition) is 4.